The van der Waals surface area contributed by atoms with E-state index >= 15 is 0 Å². The lowest BCUT2D eigenvalue weighted by atomic mass is 10.1. The molecule has 0 radical (unpaired) electrons. The van der Waals surface area contributed by atoms with Crippen LogP contribution in [0.25, 0.3) is 0 Å². The van der Waals surface area contributed by atoms with Crippen LogP contribution in [0, 0.1) is 0 Å². The second-order valence-electron chi connectivity index (χ2n) is 6.27. The molecule has 2 heterocycles. The molecule has 0 atom stereocenters. The fraction of sp³-hybridized carbons (Fsp3) is 0.278. The van der Waals surface area contributed by atoms with E-state index < -0.39 is 10.0 Å². The second-order valence-corrected chi connectivity index (χ2v) is 8.21. The number of carbonyl (C=O) groups is 1. The zero-order chi connectivity index (χ0) is 17.4. The van der Waals surface area contributed by atoms with Crippen molar-refractivity contribution in [1.29, 1.82) is 0 Å². The van der Waals surface area contributed by atoms with Crippen LogP contribution in [-0.4, -0.2) is 44.8 Å². The van der Waals surface area contributed by atoms with Gasteiger partial charge in [0, 0.05) is 37.6 Å². The van der Waals surface area contributed by atoms with Gasteiger partial charge in [-0.2, -0.15) is 4.31 Å². The first-order valence-corrected chi connectivity index (χ1v) is 9.71. The molecule has 2 aliphatic rings. The summed E-state index contributed by atoms with van der Waals surface area (Å²) in [6, 6.07) is 14.5. The van der Waals surface area contributed by atoms with E-state index in [4.69, 9.17) is 0 Å². The predicted molar refractivity (Wildman–Crippen MR) is 96.2 cm³/mol. The highest BCUT2D eigenvalue weighted by atomic mass is 32.2. The van der Waals surface area contributed by atoms with Crippen LogP contribution in [-0.2, 0) is 21.2 Å². The number of piperazine rings is 1. The van der Waals surface area contributed by atoms with Crippen LogP contribution in [0.4, 0.5) is 11.4 Å². The summed E-state index contributed by atoms with van der Waals surface area (Å²) in [7, 11) is -3.43. The monoisotopic (exact) mass is 357 g/mol. The Kier molecular flexibility index (Phi) is 3.97. The molecule has 25 heavy (non-hydrogen) atoms. The Hall–Kier alpha value is -2.38. The van der Waals surface area contributed by atoms with Crippen molar-refractivity contribution in [2.45, 2.75) is 11.3 Å². The van der Waals surface area contributed by atoms with Gasteiger partial charge in [0.25, 0.3) is 0 Å². The lowest BCUT2D eigenvalue weighted by Crippen LogP contribution is -2.48. The highest BCUT2D eigenvalue weighted by Crippen LogP contribution is 2.29. The number of hydrogen-bond donors (Lipinski definition) is 1. The third-order valence-corrected chi connectivity index (χ3v) is 6.61. The van der Waals surface area contributed by atoms with Crippen LogP contribution in [0.15, 0.2) is 53.4 Å². The van der Waals surface area contributed by atoms with Crippen LogP contribution in [0.1, 0.15) is 5.56 Å². The molecule has 0 bridgehead atoms. The highest BCUT2D eigenvalue weighted by molar-refractivity contribution is 7.89. The van der Waals surface area contributed by atoms with Gasteiger partial charge in [0.1, 0.15) is 0 Å². The number of nitrogens with one attached hydrogen (secondary N) is 1. The molecule has 0 aromatic heterocycles. The van der Waals surface area contributed by atoms with Crippen molar-refractivity contribution >= 4 is 27.3 Å². The first-order valence-electron chi connectivity index (χ1n) is 8.27. The SMILES string of the molecule is O=C1Cc2cc(N3CCN(S(=O)(=O)c4ccccc4)CC3)ccc2N1. The van der Waals surface area contributed by atoms with Crippen LogP contribution in [0.5, 0.6) is 0 Å². The number of anilines is 2. The number of nitrogens with zero attached hydrogens (tertiary/aromatic N) is 2. The van der Waals surface area contributed by atoms with Crippen LogP contribution in [0.3, 0.4) is 0 Å². The van der Waals surface area contributed by atoms with Crippen LogP contribution in [0.2, 0.25) is 0 Å². The molecule has 2 aromatic carbocycles. The fourth-order valence-corrected chi connectivity index (χ4v) is 4.78. The third kappa shape index (κ3) is 3.01. The second kappa shape index (κ2) is 6.16. The number of benzene rings is 2. The van der Waals surface area contributed by atoms with E-state index in [2.05, 4.69) is 10.2 Å². The van der Waals surface area contributed by atoms with Gasteiger partial charge in [0.15, 0.2) is 0 Å². The van der Waals surface area contributed by atoms with Gasteiger partial charge < -0.3 is 10.2 Å². The van der Waals surface area contributed by atoms with E-state index in [0.717, 1.165) is 16.9 Å². The van der Waals surface area contributed by atoms with E-state index in [0.29, 0.717) is 37.5 Å². The molecule has 2 aromatic rings. The van der Waals surface area contributed by atoms with Gasteiger partial charge >= 0.3 is 0 Å². The van der Waals surface area contributed by atoms with Gasteiger partial charge in [0.2, 0.25) is 15.9 Å². The van der Waals surface area contributed by atoms with Crippen molar-refractivity contribution in [1.82, 2.24) is 4.31 Å². The summed E-state index contributed by atoms with van der Waals surface area (Å²) in [6.07, 6.45) is 0.408. The summed E-state index contributed by atoms with van der Waals surface area (Å²) in [5, 5.41) is 2.83. The molecule has 0 unspecified atom stereocenters. The Bertz CT molecular complexity index is 904. The number of rotatable bonds is 3. The maximum atomic E-state index is 12.7. The Morgan fingerprint density at radius 1 is 0.920 bits per heavy atom. The maximum Gasteiger partial charge on any atom is 0.243 e. The summed E-state index contributed by atoms with van der Waals surface area (Å²) < 4.78 is 26.9. The first-order chi connectivity index (χ1) is 12.0. The molecule has 1 amide bonds. The van der Waals surface area contributed by atoms with Crippen molar-refractivity contribution in [2.75, 3.05) is 36.4 Å². The van der Waals surface area contributed by atoms with E-state index in [1.54, 1.807) is 24.3 Å². The molecule has 2 aliphatic heterocycles. The number of hydrogen-bond acceptors (Lipinski definition) is 4. The number of carbonyl (C=O) groups excluding carboxylic acids is 1. The average Bonchev–Trinajstić information content (AvgIpc) is 3.01. The minimum Gasteiger partial charge on any atom is -0.369 e. The van der Waals surface area contributed by atoms with E-state index in [-0.39, 0.29) is 5.91 Å². The molecule has 1 N–H and O–H groups in total. The Morgan fingerprint density at radius 2 is 1.64 bits per heavy atom. The topological polar surface area (TPSA) is 69.7 Å². The minimum atomic E-state index is -3.43. The van der Waals surface area contributed by atoms with Crippen molar-refractivity contribution in [3.63, 3.8) is 0 Å². The maximum absolute atomic E-state index is 12.7. The van der Waals surface area contributed by atoms with Crippen molar-refractivity contribution in [2.24, 2.45) is 0 Å². The average molecular weight is 357 g/mol. The third-order valence-electron chi connectivity index (χ3n) is 4.70. The quantitative estimate of drug-likeness (QED) is 0.908. The molecule has 0 aliphatic carbocycles. The summed E-state index contributed by atoms with van der Waals surface area (Å²) >= 11 is 0. The molecule has 0 saturated carbocycles. The smallest absolute Gasteiger partial charge is 0.243 e. The summed E-state index contributed by atoms with van der Waals surface area (Å²) in [5.74, 6) is 0.0194. The van der Waals surface area contributed by atoms with Crippen LogP contribution < -0.4 is 10.2 Å². The molecule has 1 fully saturated rings. The first kappa shape index (κ1) is 16.1. The molecule has 6 nitrogen and oxygen atoms in total. The largest absolute Gasteiger partial charge is 0.369 e. The molecular formula is C18H19N3O3S. The van der Waals surface area contributed by atoms with Crippen molar-refractivity contribution in [3.05, 3.63) is 54.1 Å². The van der Waals surface area contributed by atoms with Crippen LogP contribution >= 0.6 is 0 Å². The zero-order valence-electron chi connectivity index (χ0n) is 13.7. The molecule has 1 saturated heterocycles. The van der Waals surface area contributed by atoms with Crippen molar-refractivity contribution in [3.8, 4) is 0 Å². The lowest BCUT2D eigenvalue weighted by Gasteiger charge is -2.35. The Morgan fingerprint density at radius 3 is 2.36 bits per heavy atom. The summed E-state index contributed by atoms with van der Waals surface area (Å²) in [5.41, 5.74) is 2.91. The predicted octanol–water partition coefficient (Wildman–Crippen LogP) is 1.69. The van der Waals surface area contributed by atoms with E-state index in [9.17, 15) is 13.2 Å². The highest BCUT2D eigenvalue weighted by Gasteiger charge is 2.29. The van der Waals surface area contributed by atoms with Gasteiger partial charge in [0.05, 0.1) is 11.3 Å². The summed E-state index contributed by atoms with van der Waals surface area (Å²) in [6.45, 7) is 2.16. The van der Waals surface area contributed by atoms with Gasteiger partial charge in [-0.25, -0.2) is 8.42 Å². The van der Waals surface area contributed by atoms with Gasteiger partial charge in [-0.1, -0.05) is 18.2 Å². The van der Waals surface area contributed by atoms with Crippen molar-refractivity contribution < 1.29 is 13.2 Å². The minimum absolute atomic E-state index is 0.0194. The zero-order valence-corrected chi connectivity index (χ0v) is 14.5. The Balaban J connectivity index is 1.47. The number of fused-ring (bicyclic) bond motifs is 1. The summed E-state index contributed by atoms with van der Waals surface area (Å²) in [4.78, 5) is 14.0. The molecule has 7 heteroatoms. The molecule has 130 valence electrons. The molecule has 0 spiro atoms. The standard InChI is InChI=1S/C18H19N3O3S/c22-18-13-14-12-15(6-7-17(14)19-18)20-8-10-21(11-9-20)25(23,24)16-4-2-1-3-5-16/h1-7,12H,8-11,13H2,(H,19,22). The van der Waals surface area contributed by atoms with E-state index in [1.807, 2.05) is 24.3 Å². The number of sulfonamides is 1. The van der Waals surface area contributed by atoms with E-state index in [1.165, 1.54) is 4.31 Å². The lowest BCUT2D eigenvalue weighted by molar-refractivity contribution is -0.115. The number of amides is 1. The molecule has 4 rings (SSSR count). The van der Waals surface area contributed by atoms with Gasteiger partial charge in [-0.15, -0.1) is 0 Å². The fourth-order valence-electron chi connectivity index (χ4n) is 3.34. The Labute approximate surface area is 147 Å². The molecular weight excluding hydrogens is 338 g/mol. The normalized spacial score (nSPS) is 18.1. The van der Waals surface area contributed by atoms with Gasteiger partial charge in [-0.05, 0) is 35.9 Å². The van der Waals surface area contributed by atoms with Gasteiger partial charge in [-0.3, -0.25) is 4.79 Å².